The Morgan fingerprint density at radius 3 is 1.91 bits per heavy atom. The fourth-order valence-electron chi connectivity index (χ4n) is 3.11. The number of amides is 3. The summed E-state index contributed by atoms with van der Waals surface area (Å²) in [6.45, 7) is 5.31. The van der Waals surface area contributed by atoms with E-state index < -0.39 is 54.0 Å². The maximum atomic E-state index is 12.9. The highest BCUT2D eigenvalue weighted by atomic mass is 16.4. The van der Waals surface area contributed by atoms with Crippen LogP contribution in [0.3, 0.4) is 0 Å². The molecule has 0 aliphatic rings. The average molecular weight is 503 g/mol. The number of hydrogen-bond acceptors (Lipinski definition) is 8. The van der Waals surface area contributed by atoms with Crippen LogP contribution in [0.25, 0.3) is 0 Å². The summed E-state index contributed by atoms with van der Waals surface area (Å²) in [7, 11) is 0. The van der Waals surface area contributed by atoms with E-state index in [1.807, 2.05) is 0 Å². The number of unbranched alkanes of at least 4 members (excludes halogenated alkanes) is 1. The number of carboxylic acid groups (broad SMARTS) is 1. The molecule has 0 aromatic heterocycles. The molecule has 0 bridgehead atoms. The summed E-state index contributed by atoms with van der Waals surface area (Å²) in [4.78, 5) is 53.3. The smallest absolute Gasteiger partial charge is 0.326 e. The van der Waals surface area contributed by atoms with Gasteiger partial charge in [0.25, 0.3) is 0 Å². The molecule has 0 saturated carbocycles. The summed E-state index contributed by atoms with van der Waals surface area (Å²) in [5.74, 6) is -3.94. The highest BCUT2D eigenvalue weighted by Crippen LogP contribution is 2.07. The number of aliphatic hydroxyl groups excluding tert-OH is 1. The third-order valence-electron chi connectivity index (χ3n) is 5.18. The molecular formula is C21H42N8O6. The highest BCUT2D eigenvalue weighted by Gasteiger charge is 2.33. The monoisotopic (exact) mass is 502 g/mol. The lowest BCUT2D eigenvalue weighted by atomic mass is 10.0. The minimum Gasteiger partial charge on any atom is -0.480 e. The number of nitrogens with one attached hydrogen (secondary N) is 3. The maximum Gasteiger partial charge on any atom is 0.326 e. The number of nitrogens with zero attached hydrogens (tertiary/aromatic N) is 1. The van der Waals surface area contributed by atoms with Crippen LogP contribution in [0, 0.1) is 5.92 Å². The van der Waals surface area contributed by atoms with Crippen LogP contribution in [0.15, 0.2) is 4.99 Å². The van der Waals surface area contributed by atoms with Gasteiger partial charge in [-0.2, -0.15) is 0 Å². The average Bonchev–Trinajstić information content (AvgIpc) is 2.76. The zero-order valence-corrected chi connectivity index (χ0v) is 20.7. The predicted molar refractivity (Wildman–Crippen MR) is 131 cm³/mol. The van der Waals surface area contributed by atoms with E-state index >= 15 is 0 Å². The van der Waals surface area contributed by atoms with Gasteiger partial charge in [0.05, 0.1) is 12.1 Å². The Kier molecular flexibility index (Phi) is 15.2. The minimum atomic E-state index is -1.46. The van der Waals surface area contributed by atoms with E-state index in [9.17, 15) is 29.4 Å². The van der Waals surface area contributed by atoms with Crippen molar-refractivity contribution in [2.75, 3.05) is 13.1 Å². The Hall–Kier alpha value is -2.97. The lowest BCUT2D eigenvalue weighted by Crippen LogP contribution is -2.60. The van der Waals surface area contributed by atoms with E-state index in [4.69, 9.17) is 22.9 Å². The van der Waals surface area contributed by atoms with Gasteiger partial charge in [-0.15, -0.1) is 0 Å². The first-order valence-corrected chi connectivity index (χ1v) is 11.6. The molecule has 0 heterocycles. The lowest BCUT2D eigenvalue weighted by molar-refractivity contribution is -0.143. The van der Waals surface area contributed by atoms with E-state index in [1.54, 1.807) is 13.8 Å². The SMILES string of the molecule is CC(C)C(NC(=O)C(N)CCCCN)C(=O)NC(C(=O)NC(CCCN=C(N)N)C(=O)O)C(C)O. The van der Waals surface area contributed by atoms with E-state index in [0.29, 0.717) is 25.8 Å². The number of nitrogens with two attached hydrogens (primary N) is 4. The maximum absolute atomic E-state index is 12.9. The number of hydrogen-bond donors (Lipinski definition) is 9. The van der Waals surface area contributed by atoms with Crippen LogP contribution in [-0.4, -0.2) is 83.2 Å². The first-order valence-electron chi connectivity index (χ1n) is 11.6. The Bertz CT molecular complexity index is 727. The fraction of sp³-hybridized carbons (Fsp3) is 0.762. The second-order valence-corrected chi connectivity index (χ2v) is 8.70. The molecule has 0 fully saturated rings. The number of guanidine groups is 1. The van der Waals surface area contributed by atoms with Gasteiger partial charge >= 0.3 is 5.97 Å². The Balaban J connectivity index is 5.23. The molecule has 0 aliphatic carbocycles. The highest BCUT2D eigenvalue weighted by molar-refractivity contribution is 5.94. The molecule has 35 heavy (non-hydrogen) atoms. The molecule has 0 saturated heterocycles. The molecule has 0 aliphatic heterocycles. The molecule has 0 rings (SSSR count). The molecular weight excluding hydrogens is 460 g/mol. The van der Waals surface area contributed by atoms with Crippen molar-refractivity contribution in [2.24, 2.45) is 33.8 Å². The molecule has 0 aromatic rings. The Labute approximate surface area is 205 Å². The van der Waals surface area contributed by atoms with Crippen LogP contribution in [0.1, 0.15) is 52.9 Å². The molecule has 5 atom stereocenters. The van der Waals surface area contributed by atoms with E-state index in [-0.39, 0.29) is 31.3 Å². The Morgan fingerprint density at radius 2 is 1.43 bits per heavy atom. The standard InChI is InChI=1S/C21H42N8O6/c1-11(2)15(28-17(31)13(23)7-4-5-9-22)18(32)29-16(12(3)30)19(33)27-14(20(34)35)8-6-10-26-21(24)25/h11-16,30H,4-10,22-23H2,1-3H3,(H,27,33)(H,28,31)(H,29,32)(H,34,35)(H4,24,25,26). The van der Waals surface area contributed by atoms with Crippen molar-refractivity contribution >= 4 is 29.7 Å². The molecule has 0 radical (unpaired) electrons. The number of carbonyl (C=O) groups excluding carboxylic acids is 3. The zero-order chi connectivity index (χ0) is 27.1. The summed E-state index contributed by atoms with van der Waals surface area (Å²) < 4.78 is 0. The van der Waals surface area contributed by atoms with Crippen LogP contribution in [0.5, 0.6) is 0 Å². The van der Waals surface area contributed by atoms with Gasteiger partial charge in [0, 0.05) is 6.54 Å². The summed E-state index contributed by atoms with van der Waals surface area (Å²) in [5.41, 5.74) is 21.8. The van der Waals surface area contributed by atoms with Gasteiger partial charge in [-0.1, -0.05) is 20.3 Å². The van der Waals surface area contributed by atoms with Crippen LogP contribution in [0.4, 0.5) is 0 Å². The Morgan fingerprint density at radius 1 is 0.857 bits per heavy atom. The number of aliphatic carboxylic acids is 1. The summed E-state index contributed by atoms with van der Waals surface area (Å²) in [6, 6.07) is -4.62. The largest absolute Gasteiger partial charge is 0.480 e. The number of carbonyl (C=O) groups is 4. The molecule has 5 unspecified atom stereocenters. The van der Waals surface area contributed by atoms with Crippen molar-refractivity contribution in [3.8, 4) is 0 Å². The first kappa shape index (κ1) is 32.0. The van der Waals surface area contributed by atoms with Gasteiger partial charge in [-0.3, -0.25) is 19.4 Å². The summed E-state index contributed by atoms with van der Waals surface area (Å²) >= 11 is 0. The molecule has 0 spiro atoms. The van der Waals surface area contributed by atoms with Crippen molar-refractivity contribution in [2.45, 2.75) is 83.1 Å². The third kappa shape index (κ3) is 12.9. The summed E-state index contributed by atoms with van der Waals surface area (Å²) in [6.07, 6.45) is 0.709. The van der Waals surface area contributed by atoms with Gasteiger partial charge in [0.15, 0.2) is 5.96 Å². The second-order valence-electron chi connectivity index (χ2n) is 8.70. The predicted octanol–water partition coefficient (Wildman–Crippen LogP) is -2.93. The van der Waals surface area contributed by atoms with Crippen LogP contribution >= 0.6 is 0 Å². The molecule has 3 amide bonds. The topological polar surface area (TPSA) is 261 Å². The fourth-order valence-corrected chi connectivity index (χ4v) is 3.11. The minimum absolute atomic E-state index is 0.0189. The molecule has 0 aromatic carbocycles. The number of rotatable bonds is 17. The number of carboxylic acids is 1. The van der Waals surface area contributed by atoms with Crippen LogP contribution < -0.4 is 38.9 Å². The number of aliphatic imine (C=N–C) groups is 1. The van der Waals surface area contributed by atoms with Gasteiger partial charge < -0.3 is 49.1 Å². The molecule has 202 valence electrons. The van der Waals surface area contributed by atoms with E-state index in [0.717, 1.165) is 0 Å². The van der Waals surface area contributed by atoms with Crippen molar-refractivity contribution in [1.82, 2.24) is 16.0 Å². The number of aliphatic hydroxyl groups is 1. The van der Waals surface area contributed by atoms with Crippen LogP contribution in [0.2, 0.25) is 0 Å². The normalized spacial score (nSPS) is 15.3. The van der Waals surface area contributed by atoms with E-state index in [1.165, 1.54) is 6.92 Å². The van der Waals surface area contributed by atoms with Gasteiger partial charge in [-0.05, 0) is 45.1 Å². The third-order valence-corrected chi connectivity index (χ3v) is 5.18. The second kappa shape index (κ2) is 16.6. The molecule has 13 N–H and O–H groups in total. The quantitative estimate of drug-likeness (QED) is 0.0555. The first-order chi connectivity index (χ1) is 16.3. The van der Waals surface area contributed by atoms with Gasteiger partial charge in [0.2, 0.25) is 17.7 Å². The van der Waals surface area contributed by atoms with Gasteiger partial charge in [0.1, 0.15) is 18.1 Å². The summed E-state index contributed by atoms with van der Waals surface area (Å²) in [5, 5.41) is 26.8. The van der Waals surface area contributed by atoms with Gasteiger partial charge in [-0.25, -0.2) is 4.79 Å². The van der Waals surface area contributed by atoms with Crippen molar-refractivity contribution in [1.29, 1.82) is 0 Å². The van der Waals surface area contributed by atoms with Crippen molar-refractivity contribution < 1.29 is 29.4 Å². The molecule has 14 nitrogen and oxygen atoms in total. The lowest BCUT2D eigenvalue weighted by Gasteiger charge is -2.28. The zero-order valence-electron chi connectivity index (χ0n) is 20.7. The van der Waals surface area contributed by atoms with Crippen LogP contribution in [-0.2, 0) is 19.2 Å². The van der Waals surface area contributed by atoms with Crippen molar-refractivity contribution in [3.05, 3.63) is 0 Å². The molecule has 14 heteroatoms. The van der Waals surface area contributed by atoms with E-state index in [2.05, 4.69) is 20.9 Å². The van der Waals surface area contributed by atoms with Crippen molar-refractivity contribution in [3.63, 3.8) is 0 Å².